The number of rotatable bonds is 3. The maximum Gasteiger partial charge on any atom is 0.245 e. The lowest BCUT2D eigenvalue weighted by Crippen LogP contribution is -2.52. The molecular weight excluding hydrogens is 256 g/mol. The highest BCUT2D eigenvalue weighted by molar-refractivity contribution is 5.90. The van der Waals surface area contributed by atoms with E-state index in [0.717, 1.165) is 19.3 Å². The molecule has 2 aliphatic rings. The number of ether oxygens (including phenoxy) is 1. The van der Waals surface area contributed by atoms with Crippen molar-refractivity contribution in [3.05, 3.63) is 0 Å². The van der Waals surface area contributed by atoms with E-state index in [1.165, 1.54) is 0 Å². The highest BCUT2D eigenvalue weighted by Crippen LogP contribution is 2.28. The van der Waals surface area contributed by atoms with Crippen molar-refractivity contribution in [2.75, 3.05) is 13.2 Å². The van der Waals surface area contributed by atoms with Crippen molar-refractivity contribution in [3.8, 4) is 0 Å². The summed E-state index contributed by atoms with van der Waals surface area (Å²) >= 11 is 0. The Labute approximate surface area is 121 Å². The minimum Gasteiger partial charge on any atom is -0.375 e. The van der Waals surface area contributed by atoms with Crippen LogP contribution in [-0.4, -0.2) is 47.6 Å². The van der Waals surface area contributed by atoms with Gasteiger partial charge in [0.15, 0.2) is 0 Å². The third-order valence-electron chi connectivity index (χ3n) is 4.19. The fourth-order valence-corrected chi connectivity index (χ4v) is 3.17. The molecule has 2 aliphatic heterocycles. The third-order valence-corrected chi connectivity index (χ3v) is 4.19. The monoisotopic (exact) mass is 282 g/mol. The Kier molecular flexibility index (Phi) is 4.68. The van der Waals surface area contributed by atoms with Crippen LogP contribution in [0.3, 0.4) is 0 Å². The van der Waals surface area contributed by atoms with Gasteiger partial charge in [-0.15, -0.1) is 0 Å². The average Bonchev–Trinajstić information content (AvgIpc) is 2.49. The van der Waals surface area contributed by atoms with Crippen LogP contribution in [0.1, 0.15) is 52.9 Å². The second kappa shape index (κ2) is 6.12. The summed E-state index contributed by atoms with van der Waals surface area (Å²) in [4.78, 5) is 26.3. The summed E-state index contributed by atoms with van der Waals surface area (Å²) in [5, 5.41) is 2.86. The third kappa shape index (κ3) is 3.51. The molecule has 0 aromatic rings. The van der Waals surface area contributed by atoms with Gasteiger partial charge >= 0.3 is 0 Å². The highest BCUT2D eigenvalue weighted by atomic mass is 16.5. The fourth-order valence-electron chi connectivity index (χ4n) is 3.17. The molecule has 2 atom stereocenters. The van der Waals surface area contributed by atoms with Gasteiger partial charge in [-0.05, 0) is 33.1 Å². The number of carbonyl (C=O) groups excluding carboxylic acids is 2. The molecule has 0 bridgehead atoms. The van der Waals surface area contributed by atoms with E-state index < -0.39 is 0 Å². The number of hydrogen-bond donors (Lipinski definition) is 1. The Bertz CT molecular complexity index is 381. The summed E-state index contributed by atoms with van der Waals surface area (Å²) < 4.78 is 5.73. The Morgan fingerprint density at radius 1 is 1.40 bits per heavy atom. The van der Waals surface area contributed by atoms with E-state index in [1.54, 1.807) is 0 Å². The summed E-state index contributed by atoms with van der Waals surface area (Å²) in [5.74, 6) is 0.0750. The number of hydrogen-bond acceptors (Lipinski definition) is 3. The largest absolute Gasteiger partial charge is 0.375 e. The summed E-state index contributed by atoms with van der Waals surface area (Å²) in [6, 6.07) is -0.153. The molecule has 2 rings (SSSR count). The molecule has 114 valence electrons. The molecule has 5 nitrogen and oxygen atoms in total. The zero-order valence-electron chi connectivity index (χ0n) is 12.8. The first kappa shape index (κ1) is 15.3. The van der Waals surface area contributed by atoms with Crippen LogP contribution in [0, 0.1) is 0 Å². The quantitative estimate of drug-likeness (QED) is 0.852. The number of nitrogens with zero attached hydrogens (tertiary/aromatic N) is 1. The van der Waals surface area contributed by atoms with Gasteiger partial charge in [0.1, 0.15) is 6.04 Å². The molecule has 2 unspecified atom stereocenters. The van der Waals surface area contributed by atoms with E-state index in [1.807, 2.05) is 11.8 Å². The number of amides is 2. The van der Waals surface area contributed by atoms with Gasteiger partial charge in [0.2, 0.25) is 11.8 Å². The van der Waals surface area contributed by atoms with Crippen molar-refractivity contribution in [1.29, 1.82) is 0 Å². The van der Waals surface area contributed by atoms with Crippen LogP contribution in [0.15, 0.2) is 0 Å². The summed E-state index contributed by atoms with van der Waals surface area (Å²) in [6.07, 6.45) is 3.72. The van der Waals surface area contributed by atoms with E-state index in [9.17, 15) is 9.59 Å². The molecule has 5 heteroatoms. The summed E-state index contributed by atoms with van der Waals surface area (Å²) in [5.41, 5.74) is -0.187. The zero-order valence-corrected chi connectivity index (χ0v) is 12.8. The number of nitrogens with one attached hydrogen (secondary N) is 1. The van der Waals surface area contributed by atoms with Gasteiger partial charge in [-0.2, -0.15) is 0 Å². The lowest BCUT2D eigenvalue weighted by molar-refractivity contribution is -0.141. The normalized spacial score (nSPS) is 30.9. The Morgan fingerprint density at radius 3 is 2.80 bits per heavy atom. The molecule has 2 fully saturated rings. The van der Waals surface area contributed by atoms with Crippen LogP contribution >= 0.6 is 0 Å². The zero-order chi connectivity index (χ0) is 14.8. The predicted octanol–water partition coefficient (Wildman–Crippen LogP) is 1.46. The maximum absolute atomic E-state index is 12.7. The second-order valence-electron chi connectivity index (χ2n) is 6.45. The van der Waals surface area contributed by atoms with Crippen molar-refractivity contribution in [1.82, 2.24) is 10.2 Å². The van der Waals surface area contributed by atoms with Crippen LogP contribution in [0.25, 0.3) is 0 Å². The maximum atomic E-state index is 12.7. The van der Waals surface area contributed by atoms with E-state index in [4.69, 9.17) is 4.74 Å². The molecule has 0 radical (unpaired) electrons. The highest BCUT2D eigenvalue weighted by Gasteiger charge is 2.38. The van der Waals surface area contributed by atoms with Crippen LogP contribution in [-0.2, 0) is 14.3 Å². The van der Waals surface area contributed by atoms with E-state index in [2.05, 4.69) is 19.2 Å². The first-order valence-electron chi connectivity index (χ1n) is 7.67. The predicted molar refractivity (Wildman–Crippen MR) is 76.2 cm³/mol. The van der Waals surface area contributed by atoms with Gasteiger partial charge in [0.25, 0.3) is 0 Å². The molecule has 0 aromatic heterocycles. The van der Waals surface area contributed by atoms with E-state index in [0.29, 0.717) is 26.0 Å². The molecular formula is C15H26N2O3. The molecule has 0 spiro atoms. The first-order valence-corrected chi connectivity index (χ1v) is 7.67. The van der Waals surface area contributed by atoms with Crippen LogP contribution < -0.4 is 5.32 Å². The molecule has 0 saturated carbocycles. The standard InChI is InChI=1S/C15H26N2O3/c1-4-5-12-14(19)17(8-6-13(18)16-12)11-7-9-20-15(2,3)10-11/h11-12H,4-10H2,1-3H3,(H,16,18). The van der Waals surface area contributed by atoms with Crippen molar-refractivity contribution >= 4 is 11.8 Å². The molecule has 0 aromatic carbocycles. The molecule has 2 amide bonds. The Balaban J connectivity index is 2.12. The van der Waals surface area contributed by atoms with Gasteiger partial charge in [0, 0.05) is 25.6 Å². The second-order valence-corrected chi connectivity index (χ2v) is 6.45. The molecule has 2 saturated heterocycles. The lowest BCUT2D eigenvalue weighted by Gasteiger charge is -2.41. The topological polar surface area (TPSA) is 58.6 Å². The van der Waals surface area contributed by atoms with Crippen molar-refractivity contribution < 1.29 is 14.3 Å². The van der Waals surface area contributed by atoms with Gasteiger partial charge in [-0.1, -0.05) is 13.3 Å². The van der Waals surface area contributed by atoms with Crippen LogP contribution in [0.5, 0.6) is 0 Å². The van der Waals surface area contributed by atoms with Crippen LogP contribution in [0.4, 0.5) is 0 Å². The SMILES string of the molecule is CCCC1NC(=O)CCN(C2CCOC(C)(C)C2)C1=O. The minimum atomic E-state index is -0.346. The lowest BCUT2D eigenvalue weighted by atomic mass is 9.92. The molecule has 2 heterocycles. The molecule has 0 aliphatic carbocycles. The minimum absolute atomic E-state index is 0.00869. The van der Waals surface area contributed by atoms with Gasteiger partial charge in [-0.25, -0.2) is 0 Å². The Morgan fingerprint density at radius 2 is 2.15 bits per heavy atom. The molecule has 20 heavy (non-hydrogen) atoms. The van der Waals surface area contributed by atoms with Crippen LogP contribution in [0.2, 0.25) is 0 Å². The van der Waals surface area contributed by atoms with Crippen molar-refractivity contribution in [2.45, 2.75) is 70.6 Å². The van der Waals surface area contributed by atoms with E-state index in [-0.39, 0.29) is 29.5 Å². The van der Waals surface area contributed by atoms with Gasteiger partial charge < -0.3 is 15.0 Å². The summed E-state index contributed by atoms with van der Waals surface area (Å²) in [7, 11) is 0. The number of carbonyl (C=O) groups is 2. The van der Waals surface area contributed by atoms with E-state index >= 15 is 0 Å². The van der Waals surface area contributed by atoms with Crippen molar-refractivity contribution in [3.63, 3.8) is 0 Å². The first-order chi connectivity index (χ1) is 9.43. The van der Waals surface area contributed by atoms with Crippen molar-refractivity contribution in [2.24, 2.45) is 0 Å². The smallest absolute Gasteiger partial charge is 0.245 e. The average molecular weight is 282 g/mol. The Hall–Kier alpha value is -1.10. The van der Waals surface area contributed by atoms with Gasteiger partial charge in [0.05, 0.1) is 5.60 Å². The summed E-state index contributed by atoms with van der Waals surface area (Å²) in [6.45, 7) is 7.38. The molecule has 1 N–H and O–H groups in total. The van der Waals surface area contributed by atoms with Gasteiger partial charge in [-0.3, -0.25) is 9.59 Å². The fraction of sp³-hybridized carbons (Fsp3) is 0.867.